The van der Waals surface area contributed by atoms with Crippen LogP contribution in [0.2, 0.25) is 0 Å². The van der Waals surface area contributed by atoms with Gasteiger partial charge in [0, 0.05) is 17.2 Å². The quantitative estimate of drug-likeness (QED) is 0.618. The highest BCUT2D eigenvalue weighted by Gasteiger charge is 2.22. The van der Waals surface area contributed by atoms with Gasteiger partial charge in [-0.2, -0.15) is 10.5 Å². The number of nitrogens with one attached hydrogen (secondary N) is 2. The second-order valence-corrected chi connectivity index (χ2v) is 3.82. The molecule has 1 aromatic rings. The summed E-state index contributed by atoms with van der Waals surface area (Å²) in [7, 11) is 0. The summed E-state index contributed by atoms with van der Waals surface area (Å²) in [5, 5.41) is 32.7. The Labute approximate surface area is 110 Å². The minimum Gasteiger partial charge on any atom is -0.300 e. The normalized spacial score (nSPS) is 11.5. The molecule has 0 spiro atoms. The van der Waals surface area contributed by atoms with Crippen LogP contribution < -0.4 is 0 Å². The van der Waals surface area contributed by atoms with E-state index in [0.717, 1.165) is 11.1 Å². The lowest BCUT2D eigenvalue weighted by atomic mass is 10.00. The van der Waals surface area contributed by atoms with Gasteiger partial charge in [0.25, 0.3) is 0 Å². The van der Waals surface area contributed by atoms with Gasteiger partial charge in [-0.25, -0.2) is 0 Å². The number of rotatable bonds is 2. The molecule has 0 saturated carbocycles. The van der Waals surface area contributed by atoms with Crippen LogP contribution in [0, 0.1) is 33.5 Å². The number of benzene rings is 1. The summed E-state index contributed by atoms with van der Waals surface area (Å²) >= 11 is 0. The van der Waals surface area contributed by atoms with Crippen molar-refractivity contribution in [1.82, 2.24) is 0 Å². The molecule has 1 aliphatic rings. The molecule has 0 unspecified atom stereocenters. The fourth-order valence-electron chi connectivity index (χ4n) is 1.98. The Hall–Kier alpha value is -3.20. The molecule has 0 heterocycles. The molecular weight excluding hydrogens is 236 g/mol. The van der Waals surface area contributed by atoms with Crippen molar-refractivity contribution in [2.75, 3.05) is 0 Å². The Kier molecular flexibility index (Phi) is 3.21. The average Bonchev–Trinajstić information content (AvgIpc) is 2.81. The number of nitriles is 2. The van der Waals surface area contributed by atoms with Crippen LogP contribution in [0.15, 0.2) is 42.0 Å². The van der Waals surface area contributed by atoms with Gasteiger partial charge in [-0.15, -0.1) is 0 Å². The van der Waals surface area contributed by atoms with Crippen LogP contribution in [-0.2, 0) is 0 Å². The Balaban J connectivity index is 2.74. The van der Waals surface area contributed by atoms with Crippen molar-refractivity contribution in [2.45, 2.75) is 0 Å². The summed E-state index contributed by atoms with van der Waals surface area (Å²) in [6.07, 6.45) is 2.88. The van der Waals surface area contributed by atoms with E-state index in [9.17, 15) is 0 Å². The summed E-state index contributed by atoms with van der Waals surface area (Å²) in [4.78, 5) is 0. The summed E-state index contributed by atoms with van der Waals surface area (Å²) in [5.74, 6) is 2.06. The molecule has 88 valence electrons. The van der Waals surface area contributed by atoms with E-state index < -0.39 is 0 Å². The predicted molar refractivity (Wildman–Crippen MR) is 72.6 cm³/mol. The Morgan fingerprint density at radius 3 is 2.32 bits per heavy atom. The lowest BCUT2D eigenvalue weighted by molar-refractivity contribution is 1.46. The zero-order chi connectivity index (χ0) is 13.8. The van der Waals surface area contributed by atoms with Crippen LogP contribution in [0.25, 0.3) is 11.1 Å². The molecule has 0 bridgehead atoms. The van der Waals surface area contributed by atoms with Gasteiger partial charge < -0.3 is 0 Å². The van der Waals surface area contributed by atoms with Crippen molar-refractivity contribution in [3.05, 3.63) is 53.1 Å². The first-order valence-corrected chi connectivity index (χ1v) is 5.43. The highest BCUT2D eigenvalue weighted by Crippen LogP contribution is 2.37. The van der Waals surface area contributed by atoms with E-state index in [4.69, 9.17) is 21.3 Å². The maximum Gasteiger partial charge on any atom is 0.137 e. The Morgan fingerprint density at radius 2 is 1.74 bits per heavy atom. The van der Waals surface area contributed by atoms with Gasteiger partial charge in [-0.3, -0.25) is 10.8 Å². The molecular formula is C15H8N4. The molecule has 0 radical (unpaired) electrons. The van der Waals surface area contributed by atoms with Gasteiger partial charge >= 0.3 is 0 Å². The van der Waals surface area contributed by atoms with Gasteiger partial charge in [0.05, 0.1) is 5.71 Å². The van der Waals surface area contributed by atoms with Crippen molar-refractivity contribution in [3.63, 3.8) is 0 Å². The largest absolute Gasteiger partial charge is 0.300 e. The molecule has 0 aliphatic heterocycles. The van der Waals surface area contributed by atoms with Gasteiger partial charge in [0.2, 0.25) is 0 Å². The zero-order valence-electron chi connectivity index (χ0n) is 9.86. The van der Waals surface area contributed by atoms with E-state index >= 15 is 0 Å². The minimum atomic E-state index is 0.0223. The maximum absolute atomic E-state index is 8.98. The average molecular weight is 244 g/mol. The van der Waals surface area contributed by atoms with E-state index in [0.29, 0.717) is 11.1 Å². The lowest BCUT2D eigenvalue weighted by Crippen LogP contribution is -1.94. The fourth-order valence-corrected chi connectivity index (χ4v) is 1.98. The summed E-state index contributed by atoms with van der Waals surface area (Å²) < 4.78 is 0. The van der Waals surface area contributed by atoms with E-state index in [1.165, 1.54) is 6.08 Å². The van der Waals surface area contributed by atoms with E-state index in [1.54, 1.807) is 6.08 Å². The van der Waals surface area contributed by atoms with Gasteiger partial charge in [0.15, 0.2) is 0 Å². The monoisotopic (exact) mass is 244 g/mol. The van der Waals surface area contributed by atoms with Crippen LogP contribution in [0.1, 0.15) is 11.1 Å². The van der Waals surface area contributed by atoms with Gasteiger partial charge in [-0.1, -0.05) is 24.3 Å². The second-order valence-electron chi connectivity index (χ2n) is 3.82. The van der Waals surface area contributed by atoms with E-state index in [-0.39, 0.29) is 11.3 Å². The van der Waals surface area contributed by atoms with E-state index in [2.05, 4.69) is 5.87 Å². The number of hydrogen-bond acceptors (Lipinski definition) is 4. The van der Waals surface area contributed by atoms with Crippen molar-refractivity contribution in [3.8, 4) is 12.1 Å². The molecule has 2 rings (SSSR count). The van der Waals surface area contributed by atoms with Crippen molar-refractivity contribution < 1.29 is 0 Å². The molecule has 2 N–H and O–H groups in total. The topological polar surface area (TPSA) is 95.3 Å². The third-order valence-corrected chi connectivity index (χ3v) is 2.80. The predicted octanol–water partition coefficient (Wildman–Crippen LogP) is 2.71. The number of fused-ring (bicyclic) bond motifs is 1. The molecule has 0 aromatic heterocycles. The number of nitrogens with zero attached hydrogens (tertiary/aromatic N) is 2. The third kappa shape index (κ3) is 2.00. The molecule has 4 heteroatoms. The summed E-state index contributed by atoms with van der Waals surface area (Å²) in [6, 6.07) is 11.0. The first-order chi connectivity index (χ1) is 9.22. The molecule has 0 fully saturated rings. The highest BCUT2D eigenvalue weighted by atomic mass is 14.4. The first-order valence-electron chi connectivity index (χ1n) is 5.43. The van der Waals surface area contributed by atoms with Crippen molar-refractivity contribution >= 4 is 22.7 Å². The lowest BCUT2D eigenvalue weighted by Gasteiger charge is -2.03. The first kappa shape index (κ1) is 12.3. The van der Waals surface area contributed by atoms with Crippen LogP contribution in [-0.4, -0.2) is 11.6 Å². The van der Waals surface area contributed by atoms with Gasteiger partial charge in [0.1, 0.15) is 17.7 Å². The molecule has 0 amide bonds. The molecule has 1 aliphatic carbocycles. The zero-order valence-corrected chi connectivity index (χ0v) is 9.86. The SMILES string of the molecule is N#CC(C#N)=C1C=C(C(=N)C=C=N)c2ccccc21. The number of allylic oxidation sites excluding steroid dienone is 5. The second kappa shape index (κ2) is 4.98. The van der Waals surface area contributed by atoms with Crippen molar-refractivity contribution in [1.29, 1.82) is 21.3 Å². The highest BCUT2D eigenvalue weighted by molar-refractivity contribution is 6.33. The molecule has 0 atom stereocenters. The molecule has 19 heavy (non-hydrogen) atoms. The fraction of sp³-hybridized carbons (Fsp3) is 0. The Morgan fingerprint density at radius 1 is 1.11 bits per heavy atom. The van der Waals surface area contributed by atoms with Crippen LogP contribution >= 0.6 is 0 Å². The summed E-state index contributed by atoms with van der Waals surface area (Å²) in [6.45, 7) is 0. The minimum absolute atomic E-state index is 0.0223. The van der Waals surface area contributed by atoms with Crippen LogP contribution in [0.3, 0.4) is 0 Å². The third-order valence-electron chi connectivity index (χ3n) is 2.80. The summed E-state index contributed by atoms with van der Waals surface area (Å²) in [5.41, 5.74) is 2.82. The van der Waals surface area contributed by atoms with Crippen molar-refractivity contribution in [2.24, 2.45) is 0 Å². The molecule has 1 aromatic carbocycles. The van der Waals surface area contributed by atoms with E-state index in [1.807, 2.05) is 36.4 Å². The maximum atomic E-state index is 8.98. The van der Waals surface area contributed by atoms with Gasteiger partial charge in [-0.05, 0) is 23.1 Å². The standard InChI is InChI=1S/C15H8N4/c16-6-5-15(19)14-7-13(10(8-17)9-18)11-3-1-2-4-12(11)14/h1-5,7,16,19H. The van der Waals surface area contributed by atoms with Crippen LogP contribution in [0.5, 0.6) is 0 Å². The molecule has 0 saturated heterocycles. The molecule has 4 nitrogen and oxygen atoms in total. The smallest absolute Gasteiger partial charge is 0.137 e. The Bertz CT molecular complexity index is 744. The van der Waals surface area contributed by atoms with Crippen LogP contribution in [0.4, 0.5) is 0 Å². The number of hydrogen-bond donors (Lipinski definition) is 2.